The van der Waals surface area contributed by atoms with Gasteiger partial charge in [-0.05, 0) is 48.2 Å². The van der Waals surface area contributed by atoms with Gasteiger partial charge in [0.25, 0.3) is 0 Å². The van der Waals surface area contributed by atoms with Gasteiger partial charge in [0, 0.05) is 11.7 Å². The molecule has 6 nitrogen and oxygen atoms in total. The van der Waals surface area contributed by atoms with E-state index >= 15 is 0 Å². The fraction of sp³-hybridized carbons (Fsp3) is 0.276. The van der Waals surface area contributed by atoms with Crippen LogP contribution in [0.3, 0.4) is 0 Å². The molecule has 0 aliphatic heterocycles. The molecular weight excluding hydrogens is 468 g/mol. The normalized spacial score (nSPS) is 13.9. The summed E-state index contributed by atoms with van der Waals surface area (Å²) in [6.07, 6.45) is 5.80. The van der Waals surface area contributed by atoms with E-state index in [9.17, 15) is 4.79 Å². The Bertz CT molecular complexity index is 1250. The first-order valence-corrected chi connectivity index (χ1v) is 13.4. The SMILES string of the molecule is O=C(CSc1nnc(COc2ccc(-c3ccccc3)cc2)n1-c1ccccc1)NC1CCCCC1. The van der Waals surface area contributed by atoms with Crippen molar-refractivity contribution in [3.63, 3.8) is 0 Å². The summed E-state index contributed by atoms with van der Waals surface area (Å²) in [7, 11) is 0. The summed E-state index contributed by atoms with van der Waals surface area (Å²) < 4.78 is 8.04. The highest BCUT2D eigenvalue weighted by molar-refractivity contribution is 7.99. The Labute approximate surface area is 216 Å². The molecule has 184 valence electrons. The van der Waals surface area contributed by atoms with Crippen LogP contribution in [0.5, 0.6) is 5.75 Å². The molecule has 1 N–H and O–H groups in total. The number of hydrogen-bond donors (Lipinski definition) is 1. The topological polar surface area (TPSA) is 69.0 Å². The minimum atomic E-state index is 0.0471. The van der Waals surface area contributed by atoms with Crippen LogP contribution in [0.25, 0.3) is 16.8 Å². The first-order valence-electron chi connectivity index (χ1n) is 12.5. The Kier molecular flexibility index (Phi) is 7.98. The van der Waals surface area contributed by atoms with Gasteiger partial charge < -0.3 is 10.1 Å². The predicted octanol–water partition coefficient (Wildman–Crippen LogP) is 6.05. The molecule has 1 aliphatic rings. The lowest BCUT2D eigenvalue weighted by atomic mass is 9.95. The Morgan fingerprint density at radius 3 is 2.25 bits per heavy atom. The van der Waals surface area contributed by atoms with Gasteiger partial charge in [-0.3, -0.25) is 9.36 Å². The number of rotatable bonds is 9. The Morgan fingerprint density at radius 1 is 0.861 bits per heavy atom. The van der Waals surface area contributed by atoms with Crippen molar-refractivity contribution in [1.29, 1.82) is 0 Å². The standard InChI is InChI=1S/C29H30N4O2S/c34-28(30-24-12-6-2-7-13-24)21-36-29-32-31-27(33(29)25-14-8-3-9-15-25)20-35-26-18-16-23(17-19-26)22-10-4-1-5-11-22/h1,3-5,8-11,14-19,24H,2,6-7,12-13,20-21H2,(H,30,34). The molecule has 1 amide bonds. The van der Waals surface area contributed by atoms with Crippen LogP contribution < -0.4 is 10.1 Å². The van der Waals surface area contributed by atoms with E-state index in [-0.39, 0.29) is 12.5 Å². The second-order valence-corrected chi connectivity index (χ2v) is 9.88. The van der Waals surface area contributed by atoms with Gasteiger partial charge in [-0.25, -0.2) is 0 Å². The number of nitrogens with one attached hydrogen (secondary N) is 1. The van der Waals surface area contributed by atoms with Crippen molar-refractivity contribution < 1.29 is 9.53 Å². The van der Waals surface area contributed by atoms with Crippen LogP contribution in [0, 0.1) is 0 Å². The first kappa shape index (κ1) is 24.1. The average molecular weight is 499 g/mol. The third-order valence-electron chi connectivity index (χ3n) is 6.35. The van der Waals surface area contributed by atoms with Gasteiger partial charge in [0.2, 0.25) is 5.91 Å². The second-order valence-electron chi connectivity index (χ2n) is 8.94. The number of carbonyl (C=O) groups is 1. The highest BCUT2D eigenvalue weighted by Gasteiger charge is 2.19. The Morgan fingerprint density at radius 2 is 1.53 bits per heavy atom. The third-order valence-corrected chi connectivity index (χ3v) is 7.28. The van der Waals surface area contributed by atoms with Gasteiger partial charge in [-0.1, -0.05) is 91.7 Å². The van der Waals surface area contributed by atoms with E-state index in [4.69, 9.17) is 4.74 Å². The van der Waals surface area contributed by atoms with Gasteiger partial charge in [0.05, 0.1) is 5.75 Å². The number of nitrogens with zero attached hydrogens (tertiary/aromatic N) is 3. The van der Waals surface area contributed by atoms with Gasteiger partial charge >= 0.3 is 0 Å². The fourth-order valence-electron chi connectivity index (χ4n) is 4.49. The van der Waals surface area contributed by atoms with E-state index in [0.717, 1.165) is 29.8 Å². The summed E-state index contributed by atoms with van der Waals surface area (Å²) in [5.74, 6) is 1.80. The molecule has 0 unspecified atom stereocenters. The van der Waals surface area contributed by atoms with Crippen molar-refractivity contribution in [2.45, 2.75) is 49.9 Å². The van der Waals surface area contributed by atoms with Crippen LogP contribution in [0.1, 0.15) is 37.9 Å². The zero-order valence-corrected chi connectivity index (χ0v) is 21.0. The third kappa shape index (κ3) is 6.15. The van der Waals surface area contributed by atoms with Crippen LogP contribution in [-0.4, -0.2) is 32.5 Å². The van der Waals surface area contributed by atoms with Crippen LogP contribution in [-0.2, 0) is 11.4 Å². The Balaban J connectivity index is 1.26. The van der Waals surface area contributed by atoms with E-state index in [1.54, 1.807) is 0 Å². The quantitative estimate of drug-likeness (QED) is 0.284. The molecule has 36 heavy (non-hydrogen) atoms. The van der Waals surface area contributed by atoms with E-state index in [1.807, 2.05) is 65.2 Å². The number of ether oxygens (including phenoxy) is 1. The molecular formula is C29H30N4O2S. The smallest absolute Gasteiger partial charge is 0.230 e. The minimum absolute atomic E-state index is 0.0471. The maximum atomic E-state index is 12.6. The van der Waals surface area contributed by atoms with Gasteiger partial charge in [-0.15, -0.1) is 10.2 Å². The highest BCUT2D eigenvalue weighted by Crippen LogP contribution is 2.25. The molecule has 0 spiro atoms. The number of amides is 1. The molecule has 1 aliphatic carbocycles. The summed E-state index contributed by atoms with van der Waals surface area (Å²) in [5, 5.41) is 12.6. The highest BCUT2D eigenvalue weighted by atomic mass is 32.2. The van der Waals surface area contributed by atoms with Gasteiger partial charge in [0.1, 0.15) is 12.4 Å². The Hall–Kier alpha value is -3.58. The maximum absolute atomic E-state index is 12.6. The summed E-state index contributed by atoms with van der Waals surface area (Å²) in [5.41, 5.74) is 3.25. The largest absolute Gasteiger partial charge is 0.486 e. The zero-order chi connectivity index (χ0) is 24.6. The molecule has 4 aromatic rings. The molecule has 0 saturated heterocycles. The lowest BCUT2D eigenvalue weighted by molar-refractivity contribution is -0.119. The van der Waals surface area contributed by atoms with Crippen molar-refractivity contribution >= 4 is 17.7 Å². The molecule has 7 heteroatoms. The number of carbonyl (C=O) groups excluding carboxylic acids is 1. The van der Waals surface area contributed by atoms with Crippen molar-refractivity contribution in [3.05, 3.63) is 90.8 Å². The lowest BCUT2D eigenvalue weighted by Crippen LogP contribution is -2.37. The molecule has 5 rings (SSSR count). The van der Waals surface area contributed by atoms with Crippen LogP contribution in [0.4, 0.5) is 0 Å². The van der Waals surface area contributed by atoms with Crippen molar-refractivity contribution in [2.24, 2.45) is 0 Å². The van der Waals surface area contributed by atoms with Gasteiger partial charge in [0.15, 0.2) is 11.0 Å². The zero-order valence-electron chi connectivity index (χ0n) is 20.2. The molecule has 0 atom stereocenters. The molecule has 0 bridgehead atoms. The predicted molar refractivity (Wildman–Crippen MR) is 143 cm³/mol. The fourth-order valence-corrected chi connectivity index (χ4v) is 5.27. The van der Waals surface area contributed by atoms with E-state index in [0.29, 0.717) is 22.8 Å². The molecule has 1 fully saturated rings. The second kappa shape index (κ2) is 11.9. The summed E-state index contributed by atoms with van der Waals surface area (Å²) >= 11 is 1.40. The molecule has 3 aromatic carbocycles. The van der Waals surface area contributed by atoms with Crippen molar-refractivity contribution in [1.82, 2.24) is 20.1 Å². The van der Waals surface area contributed by atoms with E-state index < -0.39 is 0 Å². The average Bonchev–Trinajstić information content (AvgIpc) is 3.35. The monoisotopic (exact) mass is 498 g/mol. The maximum Gasteiger partial charge on any atom is 0.230 e. The molecule has 1 saturated carbocycles. The number of aromatic nitrogens is 3. The number of thioether (sulfide) groups is 1. The molecule has 1 heterocycles. The van der Waals surface area contributed by atoms with Crippen molar-refractivity contribution in [3.8, 4) is 22.6 Å². The number of benzene rings is 3. The number of para-hydroxylation sites is 1. The lowest BCUT2D eigenvalue weighted by Gasteiger charge is -2.22. The van der Waals surface area contributed by atoms with Gasteiger partial charge in [-0.2, -0.15) is 0 Å². The molecule has 1 aromatic heterocycles. The first-order chi connectivity index (χ1) is 17.8. The minimum Gasteiger partial charge on any atom is -0.486 e. The molecule has 0 radical (unpaired) electrons. The van der Waals surface area contributed by atoms with Crippen LogP contribution >= 0.6 is 11.8 Å². The summed E-state index contributed by atoms with van der Waals surface area (Å²) in [6, 6.07) is 28.6. The summed E-state index contributed by atoms with van der Waals surface area (Å²) in [6.45, 7) is 0.265. The van der Waals surface area contributed by atoms with Crippen LogP contribution in [0.2, 0.25) is 0 Å². The van der Waals surface area contributed by atoms with Crippen LogP contribution in [0.15, 0.2) is 90.1 Å². The van der Waals surface area contributed by atoms with E-state index in [2.05, 4.69) is 39.8 Å². The summed E-state index contributed by atoms with van der Waals surface area (Å²) in [4.78, 5) is 12.6. The van der Waals surface area contributed by atoms with Crippen molar-refractivity contribution in [2.75, 3.05) is 5.75 Å². The number of hydrogen-bond acceptors (Lipinski definition) is 5. The van der Waals surface area contributed by atoms with E-state index in [1.165, 1.54) is 36.6 Å².